The number of phenolic OH excluding ortho intramolecular Hbond substituents is 2. The number of piperidine rings is 1. The number of thioether (sulfide) groups is 1. The quantitative estimate of drug-likeness (QED) is 0.0383. The number of nitrogen functional groups attached to an aromatic ring is 1. The van der Waals surface area contributed by atoms with Crippen molar-refractivity contribution >= 4 is 74.6 Å². The van der Waals surface area contributed by atoms with Gasteiger partial charge in [-0.2, -0.15) is 5.10 Å². The number of quaternary nitrogens is 1. The molecule has 5 heterocycles. The van der Waals surface area contributed by atoms with Gasteiger partial charge in [0.2, 0.25) is 11.5 Å². The maximum atomic E-state index is 13.7. The summed E-state index contributed by atoms with van der Waals surface area (Å²) in [5, 5.41) is 60.5. The fourth-order valence-corrected chi connectivity index (χ4v) is 8.93. The Bertz CT molecular complexity index is 2210. The van der Waals surface area contributed by atoms with Crippen molar-refractivity contribution < 1.29 is 58.8 Å². The van der Waals surface area contributed by atoms with Crippen LogP contribution in [0, 0.1) is 0 Å². The van der Waals surface area contributed by atoms with Crippen LogP contribution in [0.25, 0.3) is 10.9 Å². The van der Waals surface area contributed by atoms with Crippen LogP contribution in [0.1, 0.15) is 44.0 Å². The lowest BCUT2D eigenvalue weighted by Crippen LogP contribution is -2.71. The molecule has 20 nitrogen and oxygen atoms in total. The minimum Gasteiger partial charge on any atom is -0.504 e. The van der Waals surface area contributed by atoms with E-state index in [0.717, 1.165) is 35.5 Å². The second kappa shape index (κ2) is 15.5. The normalized spacial score (nSPS) is 20.1. The summed E-state index contributed by atoms with van der Waals surface area (Å²) in [6, 6.07) is 1.26. The van der Waals surface area contributed by atoms with Gasteiger partial charge < -0.3 is 45.9 Å². The number of nitrogens with one attached hydrogen (secondary N) is 1. The maximum Gasteiger partial charge on any atom is 0.352 e. The first-order chi connectivity index (χ1) is 26.1. The third-order valence-corrected chi connectivity index (χ3v) is 11.6. The number of thiazole rings is 1. The molecule has 2 amide bonds. The number of aryl methyl sites for hydroxylation is 1. The number of β-lactam (4-membered cyclic amide) rings is 1. The molecule has 3 aromatic rings. The van der Waals surface area contributed by atoms with E-state index >= 15 is 0 Å². The number of nitrogens with two attached hydrogens (primary N) is 1. The van der Waals surface area contributed by atoms with Crippen LogP contribution in [0.2, 0.25) is 0 Å². The third-order valence-electron chi connectivity index (χ3n) is 9.62. The number of carboxylic acids is 3. The fraction of sp³-hybridized carbons (Fsp3) is 0.424. The molecule has 0 saturated carbocycles. The third kappa shape index (κ3) is 7.77. The number of benzene rings is 1. The number of aliphatic carboxylic acids is 3. The van der Waals surface area contributed by atoms with Gasteiger partial charge in [0, 0.05) is 29.3 Å². The van der Waals surface area contributed by atoms with Crippen molar-refractivity contribution in [3.05, 3.63) is 50.4 Å². The first-order valence-corrected chi connectivity index (χ1v) is 19.0. The van der Waals surface area contributed by atoms with Gasteiger partial charge in [-0.05, 0) is 32.3 Å². The van der Waals surface area contributed by atoms with Gasteiger partial charge in [0.1, 0.15) is 35.9 Å². The molecule has 0 bridgehead atoms. The number of hydrogen-bond donors (Lipinski definition) is 7. The van der Waals surface area contributed by atoms with E-state index in [0.29, 0.717) is 30.7 Å². The number of phenols is 2. The van der Waals surface area contributed by atoms with Crippen molar-refractivity contribution in [3.63, 3.8) is 0 Å². The van der Waals surface area contributed by atoms with Crippen molar-refractivity contribution in [2.75, 3.05) is 31.1 Å². The Hall–Kier alpha value is -5.74. The molecule has 8 N–H and O–H groups in total. The fourth-order valence-electron chi connectivity index (χ4n) is 7.04. The van der Waals surface area contributed by atoms with Crippen LogP contribution in [-0.4, -0.2) is 128 Å². The minimum atomic E-state index is -1.95. The molecule has 0 spiro atoms. The van der Waals surface area contributed by atoms with Crippen LogP contribution in [0.15, 0.2) is 38.7 Å². The van der Waals surface area contributed by atoms with Crippen LogP contribution in [0.5, 0.6) is 11.5 Å². The number of rotatable bonds is 14. The predicted octanol–water partition coefficient (Wildman–Crippen LogP) is 0.454. The van der Waals surface area contributed by atoms with Gasteiger partial charge in [0.15, 0.2) is 28.0 Å². The molecular weight excluding hydrogens is 765 g/mol. The summed E-state index contributed by atoms with van der Waals surface area (Å²) in [7, 11) is 0. The standard InChI is InChI=1S/C33H36N8O12S2/c1-2-39-19-9-21(43)20(42)8-16(19)27(46)17(37-39)12-41(6-4-3-5-7-41)11-15-13-54-30-25(29(48)40(30)26(15)32(51)52)36-28(47)24(18-14-55-33(34)35-18)38-53-22(31(49)50)10-23(44)45/h8-9,14,22,25,30H,2-7,10-13H2,1H3,(H7-,34,35,36,37,38,42,43,44,45,46,47,49,50,51,52)/p+1. The molecule has 2 saturated heterocycles. The number of fused-ring (bicyclic) bond motifs is 2. The molecule has 2 aromatic heterocycles. The number of likely N-dealkylation sites (tertiary alicyclic amines) is 1. The summed E-state index contributed by atoms with van der Waals surface area (Å²) in [5.41, 5.74) is 5.36. The second-order valence-electron chi connectivity index (χ2n) is 13.3. The van der Waals surface area contributed by atoms with Crippen LogP contribution in [0.3, 0.4) is 0 Å². The highest BCUT2D eigenvalue weighted by Gasteiger charge is 2.55. The van der Waals surface area contributed by atoms with Gasteiger partial charge in [-0.15, -0.1) is 23.1 Å². The topological polar surface area (TPSA) is 297 Å². The lowest BCUT2D eigenvalue weighted by molar-refractivity contribution is -0.941. The number of amides is 2. The molecule has 292 valence electrons. The van der Waals surface area contributed by atoms with Crippen molar-refractivity contribution in [3.8, 4) is 11.5 Å². The molecule has 6 rings (SSSR count). The van der Waals surface area contributed by atoms with E-state index < -0.39 is 70.6 Å². The number of carbonyl (C=O) groups is 5. The molecule has 1 aromatic carbocycles. The first-order valence-electron chi connectivity index (χ1n) is 17.0. The van der Waals surface area contributed by atoms with Crippen LogP contribution in [0.4, 0.5) is 5.13 Å². The van der Waals surface area contributed by atoms with E-state index in [2.05, 4.69) is 20.6 Å². The van der Waals surface area contributed by atoms with E-state index in [1.54, 1.807) is 4.68 Å². The van der Waals surface area contributed by atoms with Crippen molar-refractivity contribution in [2.24, 2.45) is 5.16 Å². The average Bonchev–Trinajstić information content (AvgIpc) is 3.57. The number of aromatic nitrogens is 3. The molecule has 0 aliphatic carbocycles. The summed E-state index contributed by atoms with van der Waals surface area (Å²) in [5.74, 6) is -6.94. The number of nitrogens with zero attached hydrogens (tertiary/aromatic N) is 6. The Balaban J connectivity index is 1.26. The Labute approximate surface area is 319 Å². The number of carboxylic acid groups (broad SMARTS) is 3. The van der Waals surface area contributed by atoms with Gasteiger partial charge >= 0.3 is 17.9 Å². The average molecular weight is 802 g/mol. The monoisotopic (exact) mass is 801 g/mol. The van der Waals surface area contributed by atoms with Crippen molar-refractivity contribution in [1.82, 2.24) is 25.0 Å². The number of carbonyl (C=O) groups excluding carboxylic acids is 2. The van der Waals surface area contributed by atoms with Crippen LogP contribution < -0.4 is 16.5 Å². The Kier molecular flexibility index (Phi) is 11.0. The lowest BCUT2D eigenvalue weighted by Gasteiger charge is -2.50. The highest BCUT2D eigenvalue weighted by Crippen LogP contribution is 2.42. The molecule has 22 heteroatoms. The zero-order valence-electron chi connectivity index (χ0n) is 29.2. The molecule has 3 unspecified atom stereocenters. The first kappa shape index (κ1) is 39.0. The number of oxime groups is 1. The van der Waals surface area contributed by atoms with E-state index in [1.807, 2.05) is 6.92 Å². The summed E-state index contributed by atoms with van der Waals surface area (Å²) in [6.07, 6.45) is -0.389. The molecule has 3 atom stereocenters. The number of hydrogen-bond acceptors (Lipinski definition) is 15. The SMILES string of the molecule is CCn1nc(C[N+]2(CC3=C(C(=O)O)N4C(=O)C(NC(=O)C(=NOC(CC(=O)O)C(=O)O)c5csc(N)n5)C4SC3)CCCCC2)c(=O)c2cc(O)c(O)cc21. The highest BCUT2D eigenvalue weighted by molar-refractivity contribution is 8.00. The summed E-state index contributed by atoms with van der Waals surface area (Å²) < 4.78 is 1.85. The van der Waals surface area contributed by atoms with Gasteiger partial charge in [0.05, 0.1) is 30.4 Å². The predicted molar refractivity (Wildman–Crippen MR) is 195 cm³/mol. The summed E-state index contributed by atoms with van der Waals surface area (Å²) in [6.45, 7) is 3.72. The van der Waals surface area contributed by atoms with Crippen LogP contribution in [-0.2, 0) is 41.9 Å². The molecule has 55 heavy (non-hydrogen) atoms. The van der Waals surface area contributed by atoms with E-state index in [9.17, 15) is 49.2 Å². The molecular formula is C33H37N8O12S2+. The van der Waals surface area contributed by atoms with Gasteiger partial charge in [-0.1, -0.05) is 5.16 Å². The largest absolute Gasteiger partial charge is 0.504 e. The van der Waals surface area contributed by atoms with Gasteiger partial charge in [-0.3, -0.25) is 28.8 Å². The summed E-state index contributed by atoms with van der Waals surface area (Å²) in [4.78, 5) is 86.3. The van der Waals surface area contributed by atoms with Gasteiger partial charge in [-0.25, -0.2) is 14.6 Å². The maximum absolute atomic E-state index is 13.7. The van der Waals surface area contributed by atoms with Crippen molar-refractivity contribution in [1.29, 1.82) is 0 Å². The van der Waals surface area contributed by atoms with Gasteiger partial charge in [0.25, 0.3) is 11.8 Å². The molecule has 3 aliphatic heterocycles. The molecule has 2 fully saturated rings. The minimum absolute atomic E-state index is 0.0227. The van der Waals surface area contributed by atoms with E-state index in [4.69, 9.17) is 15.7 Å². The molecule has 3 aliphatic rings. The number of anilines is 1. The van der Waals surface area contributed by atoms with Crippen LogP contribution >= 0.6 is 23.1 Å². The zero-order valence-corrected chi connectivity index (χ0v) is 30.8. The second-order valence-corrected chi connectivity index (χ2v) is 15.3. The Morgan fingerprint density at radius 2 is 1.80 bits per heavy atom. The highest BCUT2D eigenvalue weighted by atomic mass is 32.2. The Morgan fingerprint density at radius 3 is 2.42 bits per heavy atom. The lowest BCUT2D eigenvalue weighted by atomic mass is 10.00. The Morgan fingerprint density at radius 1 is 1.09 bits per heavy atom. The summed E-state index contributed by atoms with van der Waals surface area (Å²) >= 11 is 2.15. The molecule has 0 radical (unpaired) electrons. The number of aromatic hydroxyl groups is 2. The van der Waals surface area contributed by atoms with E-state index in [1.165, 1.54) is 29.3 Å². The van der Waals surface area contributed by atoms with E-state index in [-0.39, 0.29) is 56.7 Å². The smallest absolute Gasteiger partial charge is 0.352 e. The van der Waals surface area contributed by atoms with Crippen molar-refractivity contribution in [2.45, 2.75) is 63.2 Å². The zero-order chi connectivity index (χ0) is 39.8.